The van der Waals surface area contributed by atoms with Crippen LogP contribution in [0.5, 0.6) is 5.75 Å². The Morgan fingerprint density at radius 3 is 2.67 bits per heavy atom. The maximum Gasteiger partial charge on any atom is 0.312 e. The van der Waals surface area contributed by atoms with Gasteiger partial charge < -0.3 is 9.84 Å². The molecule has 18 heavy (non-hydrogen) atoms. The molecule has 0 saturated heterocycles. The minimum Gasteiger partial charge on any atom is -0.491 e. The number of non-ortho nitro benzene ring substituents is 1. The number of carbonyl (C=O) groups is 1. The third-order valence-corrected chi connectivity index (χ3v) is 2.61. The number of hydrogen-bond acceptors (Lipinski definition) is 4. The van der Waals surface area contributed by atoms with Gasteiger partial charge in [-0.25, -0.2) is 0 Å². The van der Waals surface area contributed by atoms with Crippen LogP contribution in [0.3, 0.4) is 0 Å². The summed E-state index contributed by atoms with van der Waals surface area (Å²) >= 11 is 5.81. The van der Waals surface area contributed by atoms with Gasteiger partial charge >= 0.3 is 5.97 Å². The van der Waals surface area contributed by atoms with Crippen molar-refractivity contribution in [3.05, 3.63) is 33.3 Å². The van der Waals surface area contributed by atoms with Crippen LogP contribution >= 0.6 is 11.6 Å². The summed E-state index contributed by atoms with van der Waals surface area (Å²) in [5.74, 6) is -0.927. The molecular formula is C11H12ClNO5. The molecule has 0 bridgehead atoms. The van der Waals surface area contributed by atoms with E-state index in [-0.39, 0.29) is 23.1 Å². The van der Waals surface area contributed by atoms with E-state index in [9.17, 15) is 14.9 Å². The lowest BCUT2D eigenvalue weighted by Gasteiger charge is -2.19. The summed E-state index contributed by atoms with van der Waals surface area (Å²) in [6.07, 6.45) is 0. The fourth-order valence-corrected chi connectivity index (χ4v) is 1.21. The second-order valence-corrected chi connectivity index (χ2v) is 4.76. The molecule has 0 radical (unpaired) electrons. The fraction of sp³-hybridized carbons (Fsp3) is 0.364. The van der Waals surface area contributed by atoms with Crippen LogP contribution in [0.15, 0.2) is 18.2 Å². The lowest BCUT2D eigenvalue weighted by Crippen LogP contribution is -2.30. The molecule has 0 unspecified atom stereocenters. The average molecular weight is 274 g/mol. The van der Waals surface area contributed by atoms with E-state index in [0.717, 1.165) is 0 Å². The first kappa shape index (κ1) is 14.2. The molecule has 1 aromatic carbocycles. The molecule has 98 valence electrons. The minimum absolute atomic E-state index is 0.0974. The molecule has 0 saturated carbocycles. The average Bonchev–Trinajstić information content (AvgIpc) is 2.27. The standard InChI is InChI=1S/C11H12ClNO5/c1-11(2,10(14)15)6-18-9-5-7(13(16)17)3-4-8(9)12/h3-5H,6H2,1-2H3,(H,14,15). The number of rotatable bonds is 5. The largest absolute Gasteiger partial charge is 0.491 e. The van der Waals surface area contributed by atoms with Gasteiger partial charge in [-0.2, -0.15) is 0 Å². The van der Waals surface area contributed by atoms with Crippen molar-refractivity contribution in [3.63, 3.8) is 0 Å². The van der Waals surface area contributed by atoms with E-state index in [2.05, 4.69) is 0 Å². The Morgan fingerprint density at radius 2 is 2.17 bits per heavy atom. The van der Waals surface area contributed by atoms with Crippen LogP contribution in [-0.4, -0.2) is 22.6 Å². The number of aliphatic carboxylic acids is 1. The van der Waals surface area contributed by atoms with Gasteiger partial charge in [-0.05, 0) is 19.9 Å². The number of ether oxygens (including phenoxy) is 1. The Kier molecular flexibility index (Phi) is 4.13. The summed E-state index contributed by atoms with van der Waals surface area (Å²) in [6.45, 7) is 2.84. The van der Waals surface area contributed by atoms with E-state index < -0.39 is 16.3 Å². The molecule has 6 nitrogen and oxygen atoms in total. The summed E-state index contributed by atoms with van der Waals surface area (Å²) in [5.41, 5.74) is -1.27. The van der Waals surface area contributed by atoms with Gasteiger partial charge in [-0.15, -0.1) is 0 Å². The van der Waals surface area contributed by atoms with Crippen molar-refractivity contribution in [2.75, 3.05) is 6.61 Å². The molecule has 1 N–H and O–H groups in total. The maximum atomic E-state index is 10.9. The molecule has 0 aliphatic heterocycles. The number of nitrogens with zero attached hydrogens (tertiary/aromatic N) is 1. The van der Waals surface area contributed by atoms with Crippen molar-refractivity contribution in [2.45, 2.75) is 13.8 Å². The van der Waals surface area contributed by atoms with Crippen molar-refractivity contribution >= 4 is 23.3 Å². The predicted molar refractivity (Wildman–Crippen MR) is 65.0 cm³/mol. The molecular weight excluding hydrogens is 262 g/mol. The van der Waals surface area contributed by atoms with Crippen LogP contribution in [0.4, 0.5) is 5.69 Å². The minimum atomic E-state index is -1.10. The fourth-order valence-electron chi connectivity index (χ4n) is 1.04. The lowest BCUT2D eigenvalue weighted by molar-refractivity contribution is -0.384. The van der Waals surface area contributed by atoms with E-state index in [1.54, 1.807) is 0 Å². The molecule has 0 aromatic heterocycles. The first-order chi connectivity index (χ1) is 8.24. The molecule has 0 fully saturated rings. The highest BCUT2D eigenvalue weighted by Crippen LogP contribution is 2.30. The number of nitro benzene ring substituents is 1. The van der Waals surface area contributed by atoms with Crippen LogP contribution < -0.4 is 4.74 Å². The van der Waals surface area contributed by atoms with Crippen LogP contribution in [0, 0.1) is 15.5 Å². The Bertz CT molecular complexity index is 486. The normalized spacial score (nSPS) is 11.1. The van der Waals surface area contributed by atoms with Gasteiger partial charge in [0, 0.05) is 6.07 Å². The molecule has 1 aromatic rings. The summed E-state index contributed by atoms with van der Waals surface area (Å²) in [6, 6.07) is 3.75. The first-order valence-electron chi connectivity index (χ1n) is 5.04. The van der Waals surface area contributed by atoms with Crippen molar-refractivity contribution in [3.8, 4) is 5.75 Å². The van der Waals surface area contributed by atoms with Crippen LogP contribution in [0.2, 0.25) is 5.02 Å². The van der Waals surface area contributed by atoms with Gasteiger partial charge in [0.15, 0.2) is 0 Å². The molecule has 0 aliphatic carbocycles. The van der Waals surface area contributed by atoms with Gasteiger partial charge in [0.05, 0.1) is 21.4 Å². The quantitative estimate of drug-likeness (QED) is 0.658. The van der Waals surface area contributed by atoms with Gasteiger partial charge in [0.2, 0.25) is 0 Å². The topological polar surface area (TPSA) is 89.7 Å². The Labute approximate surface area is 108 Å². The summed E-state index contributed by atoms with van der Waals surface area (Å²) < 4.78 is 5.24. The zero-order valence-corrected chi connectivity index (χ0v) is 10.6. The summed E-state index contributed by atoms with van der Waals surface area (Å²) in [4.78, 5) is 20.9. The van der Waals surface area contributed by atoms with Crippen molar-refractivity contribution in [2.24, 2.45) is 5.41 Å². The van der Waals surface area contributed by atoms with E-state index in [1.807, 2.05) is 0 Å². The molecule has 7 heteroatoms. The molecule has 0 atom stereocenters. The monoisotopic (exact) mass is 273 g/mol. The first-order valence-corrected chi connectivity index (χ1v) is 5.42. The van der Waals surface area contributed by atoms with Crippen LogP contribution in [0.1, 0.15) is 13.8 Å². The van der Waals surface area contributed by atoms with Gasteiger partial charge in [-0.1, -0.05) is 11.6 Å². The number of halogens is 1. The third kappa shape index (κ3) is 3.33. The summed E-state index contributed by atoms with van der Waals surface area (Å²) in [5, 5.41) is 19.7. The highest BCUT2D eigenvalue weighted by Gasteiger charge is 2.28. The second-order valence-electron chi connectivity index (χ2n) is 4.35. The summed E-state index contributed by atoms with van der Waals surface area (Å²) in [7, 11) is 0. The van der Waals surface area contributed by atoms with Crippen molar-refractivity contribution in [1.82, 2.24) is 0 Å². The van der Waals surface area contributed by atoms with E-state index >= 15 is 0 Å². The van der Waals surface area contributed by atoms with E-state index in [0.29, 0.717) is 0 Å². The Hall–Kier alpha value is -1.82. The highest BCUT2D eigenvalue weighted by atomic mass is 35.5. The molecule has 0 spiro atoms. The number of hydrogen-bond donors (Lipinski definition) is 1. The molecule has 1 rings (SSSR count). The number of nitro groups is 1. The number of benzene rings is 1. The van der Waals surface area contributed by atoms with Crippen molar-refractivity contribution in [1.29, 1.82) is 0 Å². The highest BCUT2D eigenvalue weighted by molar-refractivity contribution is 6.32. The molecule has 0 heterocycles. The predicted octanol–water partition coefficient (Wildman–Crippen LogP) is 2.74. The SMILES string of the molecule is CC(C)(COc1cc([N+](=O)[O-])ccc1Cl)C(=O)O. The smallest absolute Gasteiger partial charge is 0.312 e. The van der Waals surface area contributed by atoms with Crippen molar-refractivity contribution < 1.29 is 19.6 Å². The molecule has 0 aliphatic rings. The van der Waals surface area contributed by atoms with E-state index in [4.69, 9.17) is 21.4 Å². The van der Waals surface area contributed by atoms with E-state index in [1.165, 1.54) is 32.0 Å². The number of carboxylic acids is 1. The van der Waals surface area contributed by atoms with Gasteiger partial charge in [0.1, 0.15) is 12.4 Å². The maximum absolute atomic E-state index is 10.9. The second kappa shape index (κ2) is 5.22. The van der Waals surface area contributed by atoms with Gasteiger partial charge in [-0.3, -0.25) is 14.9 Å². The van der Waals surface area contributed by atoms with Crippen LogP contribution in [0.25, 0.3) is 0 Å². The number of carboxylic acid groups (broad SMARTS) is 1. The lowest BCUT2D eigenvalue weighted by atomic mass is 9.95. The molecule has 0 amide bonds. The Morgan fingerprint density at radius 1 is 1.56 bits per heavy atom. The zero-order valence-electron chi connectivity index (χ0n) is 9.84. The van der Waals surface area contributed by atoms with Gasteiger partial charge in [0.25, 0.3) is 5.69 Å². The van der Waals surface area contributed by atoms with Crippen LogP contribution in [-0.2, 0) is 4.79 Å². The third-order valence-electron chi connectivity index (χ3n) is 2.29. The Balaban J connectivity index is 2.88. The zero-order chi connectivity index (χ0) is 13.9.